The van der Waals surface area contributed by atoms with Crippen LogP contribution in [0.5, 0.6) is 0 Å². The van der Waals surface area contributed by atoms with Gasteiger partial charge in [-0.25, -0.2) is 0 Å². The van der Waals surface area contributed by atoms with E-state index in [1.54, 1.807) is 0 Å². The molecular formula is C21H27N3O. The minimum atomic E-state index is 0.0345. The molecule has 4 nitrogen and oxygen atoms in total. The minimum absolute atomic E-state index is 0.0345. The second-order valence-corrected chi connectivity index (χ2v) is 6.79. The molecule has 0 spiro atoms. The maximum absolute atomic E-state index is 12.5. The van der Waals surface area contributed by atoms with Crippen LogP contribution in [-0.4, -0.2) is 37.0 Å². The molecule has 3 rings (SSSR count). The fraction of sp³-hybridized carbons (Fsp3) is 0.381. The molecule has 1 aliphatic heterocycles. The third-order valence-electron chi connectivity index (χ3n) is 4.93. The van der Waals surface area contributed by atoms with E-state index < -0.39 is 0 Å². The van der Waals surface area contributed by atoms with Gasteiger partial charge in [0.25, 0.3) is 5.91 Å². The van der Waals surface area contributed by atoms with Crippen molar-refractivity contribution in [2.24, 2.45) is 0 Å². The molecule has 0 atom stereocenters. The molecule has 25 heavy (non-hydrogen) atoms. The number of nitrogens with one attached hydrogen (secondary N) is 2. The van der Waals surface area contributed by atoms with Gasteiger partial charge < -0.3 is 10.6 Å². The molecule has 0 bridgehead atoms. The Morgan fingerprint density at radius 2 is 1.84 bits per heavy atom. The summed E-state index contributed by atoms with van der Waals surface area (Å²) >= 11 is 0. The predicted octanol–water partition coefficient (Wildman–Crippen LogP) is 3.43. The molecule has 4 heteroatoms. The van der Waals surface area contributed by atoms with Gasteiger partial charge in [-0.3, -0.25) is 9.69 Å². The summed E-state index contributed by atoms with van der Waals surface area (Å²) in [5.74, 6) is 0.0345. The Kier molecular flexibility index (Phi) is 5.71. The summed E-state index contributed by atoms with van der Waals surface area (Å²) in [6, 6.07) is 16.6. The molecule has 0 unspecified atom stereocenters. The van der Waals surface area contributed by atoms with E-state index in [2.05, 4.69) is 45.9 Å². The summed E-state index contributed by atoms with van der Waals surface area (Å²) in [4.78, 5) is 15.0. The first-order valence-electron chi connectivity index (χ1n) is 9.01. The Labute approximate surface area is 150 Å². The number of piperidine rings is 1. The maximum atomic E-state index is 12.5. The first kappa shape index (κ1) is 17.5. The standard InChI is InChI=1S/C21H27N3O/c1-16-14-18(8-9-20(16)22-2)21(25)23-19-10-12-24(13-11-19)15-17-6-4-3-5-7-17/h3-9,14,19,22H,10-13,15H2,1-2H3,(H,23,25). The van der Waals surface area contributed by atoms with Crippen LogP contribution in [0.2, 0.25) is 0 Å². The van der Waals surface area contributed by atoms with E-state index in [-0.39, 0.29) is 11.9 Å². The number of anilines is 1. The molecule has 0 aliphatic carbocycles. The van der Waals surface area contributed by atoms with Crippen LogP contribution >= 0.6 is 0 Å². The normalized spacial score (nSPS) is 15.8. The Morgan fingerprint density at radius 3 is 2.48 bits per heavy atom. The highest BCUT2D eigenvalue weighted by Gasteiger charge is 2.21. The average Bonchev–Trinajstić information content (AvgIpc) is 2.64. The molecule has 1 heterocycles. The van der Waals surface area contributed by atoms with Gasteiger partial charge in [-0.2, -0.15) is 0 Å². The topological polar surface area (TPSA) is 44.4 Å². The molecular weight excluding hydrogens is 310 g/mol. The van der Waals surface area contributed by atoms with E-state index >= 15 is 0 Å². The zero-order valence-corrected chi connectivity index (χ0v) is 15.1. The van der Waals surface area contributed by atoms with Gasteiger partial charge in [-0.15, -0.1) is 0 Å². The highest BCUT2D eigenvalue weighted by molar-refractivity contribution is 5.95. The lowest BCUT2D eigenvalue weighted by molar-refractivity contribution is 0.0909. The summed E-state index contributed by atoms with van der Waals surface area (Å²) < 4.78 is 0. The third-order valence-corrected chi connectivity index (χ3v) is 4.93. The molecule has 0 radical (unpaired) electrons. The third kappa shape index (κ3) is 4.60. The first-order valence-corrected chi connectivity index (χ1v) is 9.01. The fourth-order valence-electron chi connectivity index (χ4n) is 3.43. The summed E-state index contributed by atoms with van der Waals surface area (Å²) in [6.45, 7) is 5.06. The number of likely N-dealkylation sites (tertiary alicyclic amines) is 1. The highest BCUT2D eigenvalue weighted by atomic mass is 16.1. The monoisotopic (exact) mass is 337 g/mol. The number of amides is 1. The zero-order valence-electron chi connectivity index (χ0n) is 15.1. The first-order chi connectivity index (χ1) is 12.2. The van der Waals surface area contributed by atoms with Crippen molar-refractivity contribution in [3.05, 3.63) is 65.2 Å². The summed E-state index contributed by atoms with van der Waals surface area (Å²) in [6.07, 6.45) is 2.01. The van der Waals surface area contributed by atoms with Crippen LogP contribution < -0.4 is 10.6 Å². The Balaban J connectivity index is 1.50. The van der Waals surface area contributed by atoms with Crippen LogP contribution in [0.3, 0.4) is 0 Å². The molecule has 0 aromatic heterocycles. The molecule has 1 saturated heterocycles. The van der Waals surface area contributed by atoms with Crippen LogP contribution in [0, 0.1) is 6.92 Å². The van der Waals surface area contributed by atoms with Crippen molar-refractivity contribution in [1.29, 1.82) is 0 Å². The zero-order chi connectivity index (χ0) is 17.6. The molecule has 132 valence electrons. The van der Waals surface area contributed by atoms with Crippen LogP contribution in [0.1, 0.15) is 34.3 Å². The minimum Gasteiger partial charge on any atom is -0.388 e. The second kappa shape index (κ2) is 8.17. The second-order valence-electron chi connectivity index (χ2n) is 6.79. The van der Waals surface area contributed by atoms with Gasteiger partial charge >= 0.3 is 0 Å². The fourth-order valence-corrected chi connectivity index (χ4v) is 3.43. The lowest BCUT2D eigenvalue weighted by Crippen LogP contribution is -2.44. The van der Waals surface area contributed by atoms with Crippen molar-refractivity contribution in [2.45, 2.75) is 32.4 Å². The maximum Gasteiger partial charge on any atom is 0.251 e. The van der Waals surface area contributed by atoms with Gasteiger partial charge in [-0.1, -0.05) is 30.3 Å². The van der Waals surface area contributed by atoms with Crippen molar-refractivity contribution in [1.82, 2.24) is 10.2 Å². The molecule has 2 aromatic rings. The SMILES string of the molecule is CNc1ccc(C(=O)NC2CCN(Cc3ccccc3)CC2)cc1C. The largest absolute Gasteiger partial charge is 0.388 e. The molecule has 1 fully saturated rings. The smallest absolute Gasteiger partial charge is 0.251 e. The van der Waals surface area contributed by atoms with Crippen LogP contribution in [0.15, 0.2) is 48.5 Å². The molecule has 2 aromatic carbocycles. The van der Waals surface area contributed by atoms with Crippen LogP contribution in [-0.2, 0) is 6.54 Å². The van der Waals surface area contributed by atoms with Crippen LogP contribution in [0.25, 0.3) is 0 Å². The highest BCUT2D eigenvalue weighted by Crippen LogP contribution is 2.17. The summed E-state index contributed by atoms with van der Waals surface area (Å²) in [7, 11) is 1.89. The summed E-state index contributed by atoms with van der Waals surface area (Å²) in [5, 5.41) is 6.33. The van der Waals surface area contributed by atoms with Gasteiger partial charge in [0.1, 0.15) is 0 Å². The molecule has 2 N–H and O–H groups in total. The van der Waals surface area contributed by atoms with E-state index in [1.807, 2.05) is 32.2 Å². The number of aryl methyl sites for hydroxylation is 1. The van der Waals surface area contributed by atoms with Gasteiger partial charge in [0.2, 0.25) is 0 Å². The van der Waals surface area contributed by atoms with E-state index in [0.29, 0.717) is 0 Å². The van der Waals surface area contributed by atoms with Crippen molar-refractivity contribution in [2.75, 3.05) is 25.5 Å². The van der Waals surface area contributed by atoms with Crippen molar-refractivity contribution < 1.29 is 4.79 Å². The molecule has 0 saturated carbocycles. The van der Waals surface area contributed by atoms with Gasteiger partial charge in [0.15, 0.2) is 0 Å². The van der Waals surface area contributed by atoms with Crippen LogP contribution in [0.4, 0.5) is 5.69 Å². The van der Waals surface area contributed by atoms with Gasteiger partial charge in [0.05, 0.1) is 0 Å². The average molecular weight is 337 g/mol. The van der Waals surface area contributed by atoms with Crippen molar-refractivity contribution in [3.8, 4) is 0 Å². The molecule has 1 aliphatic rings. The van der Waals surface area contributed by atoms with E-state index in [0.717, 1.165) is 49.3 Å². The number of hydrogen-bond donors (Lipinski definition) is 2. The van der Waals surface area contributed by atoms with E-state index in [1.165, 1.54) is 5.56 Å². The number of rotatable bonds is 5. The molecule has 1 amide bonds. The number of hydrogen-bond acceptors (Lipinski definition) is 3. The van der Waals surface area contributed by atoms with E-state index in [9.17, 15) is 4.79 Å². The number of carbonyl (C=O) groups excluding carboxylic acids is 1. The van der Waals surface area contributed by atoms with Crippen molar-refractivity contribution >= 4 is 11.6 Å². The number of benzene rings is 2. The quantitative estimate of drug-likeness (QED) is 0.878. The van der Waals surface area contributed by atoms with Crippen molar-refractivity contribution in [3.63, 3.8) is 0 Å². The van der Waals surface area contributed by atoms with Gasteiger partial charge in [0, 0.05) is 44.0 Å². The van der Waals surface area contributed by atoms with E-state index in [4.69, 9.17) is 0 Å². The predicted molar refractivity (Wildman–Crippen MR) is 103 cm³/mol. The lowest BCUT2D eigenvalue weighted by atomic mass is 10.0. The number of carbonyl (C=O) groups is 1. The lowest BCUT2D eigenvalue weighted by Gasteiger charge is -2.32. The number of nitrogens with zero attached hydrogens (tertiary/aromatic N) is 1. The Bertz CT molecular complexity index is 706. The Hall–Kier alpha value is -2.33. The Morgan fingerprint density at radius 1 is 1.12 bits per heavy atom. The van der Waals surface area contributed by atoms with Gasteiger partial charge in [-0.05, 0) is 49.1 Å². The summed E-state index contributed by atoms with van der Waals surface area (Å²) in [5.41, 5.74) is 4.24.